The second kappa shape index (κ2) is 5.60. The molecule has 3 rings (SSSR count). The monoisotopic (exact) mass is 313 g/mol. The second-order valence-corrected chi connectivity index (χ2v) is 5.25. The van der Waals surface area contributed by atoms with E-state index < -0.39 is 22.9 Å². The molecule has 3 aromatic rings. The highest BCUT2D eigenvalue weighted by atomic mass is 16.3. The van der Waals surface area contributed by atoms with Crippen molar-refractivity contribution in [1.29, 1.82) is 0 Å². The van der Waals surface area contributed by atoms with Crippen molar-refractivity contribution in [2.24, 2.45) is 0 Å². The molecular formula is C16H15N3O4. The maximum absolute atomic E-state index is 12.4. The fraction of sp³-hybridized carbons (Fsp3) is 0.188. The van der Waals surface area contributed by atoms with Crippen LogP contribution in [0.1, 0.15) is 27.4 Å². The number of amides is 1. The van der Waals surface area contributed by atoms with Gasteiger partial charge in [0.1, 0.15) is 17.2 Å². The van der Waals surface area contributed by atoms with Gasteiger partial charge in [-0.25, -0.2) is 0 Å². The van der Waals surface area contributed by atoms with E-state index in [9.17, 15) is 14.7 Å². The summed E-state index contributed by atoms with van der Waals surface area (Å²) in [5, 5.41) is 12.5. The molecule has 0 spiro atoms. The van der Waals surface area contributed by atoms with Crippen molar-refractivity contribution in [3.05, 3.63) is 63.5 Å². The van der Waals surface area contributed by atoms with Gasteiger partial charge in [0, 0.05) is 6.20 Å². The van der Waals surface area contributed by atoms with Crippen molar-refractivity contribution in [2.75, 3.05) is 0 Å². The molecule has 7 nitrogen and oxygen atoms in total. The maximum Gasteiger partial charge on any atom is 0.274 e. The van der Waals surface area contributed by atoms with Gasteiger partial charge in [-0.2, -0.15) is 4.98 Å². The number of furan rings is 1. The standard InChI is InChI=1S/C16H15N3O4/c1-9-3-6-12-18-15(21)13(16(22)19(12)8-9)14(20)17-7-11-5-4-10(2)23-11/h3-6,8,21H,7H2,1-2H3,(H,17,20). The van der Waals surface area contributed by atoms with Gasteiger partial charge in [-0.1, -0.05) is 6.07 Å². The van der Waals surface area contributed by atoms with Crippen LogP contribution in [-0.4, -0.2) is 20.4 Å². The molecule has 0 radical (unpaired) electrons. The highest BCUT2D eigenvalue weighted by molar-refractivity contribution is 5.96. The van der Waals surface area contributed by atoms with Gasteiger partial charge in [-0.3, -0.25) is 14.0 Å². The van der Waals surface area contributed by atoms with Crippen molar-refractivity contribution in [3.63, 3.8) is 0 Å². The number of carbonyl (C=O) groups is 1. The van der Waals surface area contributed by atoms with Gasteiger partial charge in [0.15, 0.2) is 5.56 Å². The summed E-state index contributed by atoms with van der Waals surface area (Å²) >= 11 is 0. The quantitative estimate of drug-likeness (QED) is 0.764. The number of fused-ring (bicyclic) bond motifs is 1. The average Bonchev–Trinajstić information content (AvgIpc) is 2.92. The number of aromatic nitrogens is 2. The molecule has 3 heterocycles. The molecule has 0 aromatic carbocycles. The van der Waals surface area contributed by atoms with Gasteiger partial charge in [-0.05, 0) is 37.6 Å². The first-order valence-corrected chi connectivity index (χ1v) is 7.01. The molecule has 0 aliphatic heterocycles. The lowest BCUT2D eigenvalue weighted by atomic mass is 10.2. The van der Waals surface area contributed by atoms with E-state index in [0.717, 1.165) is 11.3 Å². The summed E-state index contributed by atoms with van der Waals surface area (Å²) in [6.45, 7) is 3.72. The van der Waals surface area contributed by atoms with Gasteiger partial charge in [0.25, 0.3) is 11.5 Å². The van der Waals surface area contributed by atoms with Crippen LogP contribution >= 0.6 is 0 Å². The van der Waals surface area contributed by atoms with Crippen LogP contribution in [0.15, 0.2) is 39.7 Å². The molecule has 0 atom stereocenters. The van der Waals surface area contributed by atoms with E-state index in [-0.39, 0.29) is 12.2 Å². The molecule has 2 N–H and O–H groups in total. The first-order valence-electron chi connectivity index (χ1n) is 7.01. The normalized spacial score (nSPS) is 10.9. The maximum atomic E-state index is 12.4. The Bertz CT molecular complexity index is 956. The van der Waals surface area contributed by atoms with Crippen LogP contribution in [0.3, 0.4) is 0 Å². The molecule has 0 fully saturated rings. The van der Waals surface area contributed by atoms with Crippen LogP contribution in [0.4, 0.5) is 0 Å². The zero-order valence-electron chi connectivity index (χ0n) is 12.7. The molecule has 7 heteroatoms. The van der Waals surface area contributed by atoms with Gasteiger partial charge < -0.3 is 14.8 Å². The zero-order valence-corrected chi connectivity index (χ0v) is 12.7. The van der Waals surface area contributed by atoms with Crippen LogP contribution < -0.4 is 10.9 Å². The number of pyridine rings is 1. The molecule has 0 aliphatic carbocycles. The molecule has 0 saturated heterocycles. The average molecular weight is 313 g/mol. The molecule has 0 saturated carbocycles. The van der Waals surface area contributed by atoms with Crippen LogP contribution in [0, 0.1) is 13.8 Å². The zero-order chi connectivity index (χ0) is 16.6. The largest absolute Gasteiger partial charge is 0.493 e. The summed E-state index contributed by atoms with van der Waals surface area (Å²) < 4.78 is 6.58. The molecule has 1 amide bonds. The summed E-state index contributed by atoms with van der Waals surface area (Å²) in [5.41, 5.74) is 0.0986. The molecule has 0 bridgehead atoms. The van der Waals surface area contributed by atoms with Gasteiger partial charge >= 0.3 is 0 Å². The lowest BCUT2D eigenvalue weighted by Crippen LogP contribution is -2.31. The Balaban J connectivity index is 1.95. The smallest absolute Gasteiger partial charge is 0.274 e. The first kappa shape index (κ1) is 14.8. The van der Waals surface area contributed by atoms with Crippen molar-refractivity contribution >= 4 is 11.6 Å². The number of nitrogens with one attached hydrogen (secondary N) is 1. The Morgan fingerprint density at radius 2 is 2.09 bits per heavy atom. The van der Waals surface area contributed by atoms with Gasteiger partial charge in [0.2, 0.25) is 5.88 Å². The Labute approximate surface area is 131 Å². The predicted molar refractivity (Wildman–Crippen MR) is 82.5 cm³/mol. The Morgan fingerprint density at radius 1 is 1.30 bits per heavy atom. The molecule has 0 aliphatic rings. The molecule has 23 heavy (non-hydrogen) atoms. The van der Waals surface area contributed by atoms with E-state index in [0.29, 0.717) is 5.76 Å². The SMILES string of the molecule is Cc1ccc2nc(O)c(C(=O)NCc3ccc(C)o3)c(=O)n2c1. The van der Waals surface area contributed by atoms with E-state index in [4.69, 9.17) is 4.42 Å². The van der Waals surface area contributed by atoms with Gasteiger partial charge in [0.05, 0.1) is 6.54 Å². The van der Waals surface area contributed by atoms with Crippen LogP contribution in [0.5, 0.6) is 5.88 Å². The number of hydrogen-bond donors (Lipinski definition) is 2. The minimum atomic E-state index is -0.704. The minimum absolute atomic E-state index is 0.113. The fourth-order valence-electron chi connectivity index (χ4n) is 2.27. The predicted octanol–water partition coefficient (Wildman–Crippen LogP) is 1.54. The van der Waals surface area contributed by atoms with Crippen molar-refractivity contribution in [3.8, 4) is 5.88 Å². The van der Waals surface area contributed by atoms with E-state index in [1.807, 2.05) is 6.92 Å². The minimum Gasteiger partial charge on any atom is -0.493 e. The Morgan fingerprint density at radius 3 is 2.78 bits per heavy atom. The third-order valence-corrected chi connectivity index (χ3v) is 3.40. The van der Waals surface area contributed by atoms with E-state index in [1.165, 1.54) is 4.40 Å². The highest BCUT2D eigenvalue weighted by Gasteiger charge is 2.19. The topological polar surface area (TPSA) is 96.8 Å². The number of rotatable bonds is 3. The fourth-order valence-corrected chi connectivity index (χ4v) is 2.27. The van der Waals surface area contributed by atoms with E-state index >= 15 is 0 Å². The molecule has 0 unspecified atom stereocenters. The van der Waals surface area contributed by atoms with Crippen molar-refractivity contribution < 1.29 is 14.3 Å². The highest BCUT2D eigenvalue weighted by Crippen LogP contribution is 2.12. The van der Waals surface area contributed by atoms with Crippen molar-refractivity contribution in [2.45, 2.75) is 20.4 Å². The lowest BCUT2D eigenvalue weighted by Gasteiger charge is -2.07. The number of nitrogens with zero attached hydrogens (tertiary/aromatic N) is 2. The second-order valence-electron chi connectivity index (χ2n) is 5.25. The number of aromatic hydroxyl groups is 1. The summed E-state index contributed by atoms with van der Waals surface area (Å²) in [6, 6.07) is 6.86. The van der Waals surface area contributed by atoms with Crippen LogP contribution in [0.25, 0.3) is 5.65 Å². The molecular weight excluding hydrogens is 298 g/mol. The summed E-state index contributed by atoms with van der Waals surface area (Å²) in [7, 11) is 0. The Hall–Kier alpha value is -3.09. The summed E-state index contributed by atoms with van der Waals surface area (Å²) in [5.74, 6) is -0.0167. The number of aryl methyl sites for hydroxylation is 2. The Kier molecular flexibility index (Phi) is 3.61. The molecule has 3 aromatic heterocycles. The van der Waals surface area contributed by atoms with Gasteiger partial charge in [-0.15, -0.1) is 0 Å². The first-order chi connectivity index (χ1) is 11.0. The van der Waals surface area contributed by atoms with E-state index in [1.54, 1.807) is 37.4 Å². The summed E-state index contributed by atoms with van der Waals surface area (Å²) in [4.78, 5) is 28.6. The van der Waals surface area contributed by atoms with Crippen LogP contribution in [-0.2, 0) is 6.54 Å². The number of carbonyl (C=O) groups excluding carboxylic acids is 1. The van der Waals surface area contributed by atoms with Crippen molar-refractivity contribution in [1.82, 2.24) is 14.7 Å². The molecule has 118 valence electrons. The lowest BCUT2D eigenvalue weighted by molar-refractivity contribution is 0.0942. The van der Waals surface area contributed by atoms with E-state index in [2.05, 4.69) is 10.3 Å². The third-order valence-electron chi connectivity index (χ3n) is 3.40. The summed E-state index contributed by atoms with van der Waals surface area (Å²) in [6.07, 6.45) is 1.57. The number of hydrogen-bond acceptors (Lipinski definition) is 5. The van der Waals surface area contributed by atoms with Crippen LogP contribution in [0.2, 0.25) is 0 Å². The third kappa shape index (κ3) is 2.80.